The lowest BCUT2D eigenvalue weighted by Crippen LogP contribution is -2.26. The molecule has 0 radical (unpaired) electrons. The summed E-state index contributed by atoms with van der Waals surface area (Å²) < 4.78 is 13.2. The summed E-state index contributed by atoms with van der Waals surface area (Å²) in [6, 6.07) is 2.20. The molecule has 2 heterocycles. The van der Waals surface area contributed by atoms with Crippen molar-refractivity contribution in [3.63, 3.8) is 0 Å². The Morgan fingerprint density at radius 2 is 2.06 bits per heavy atom. The van der Waals surface area contributed by atoms with Gasteiger partial charge < -0.3 is 9.47 Å². The molecule has 1 fully saturated rings. The van der Waals surface area contributed by atoms with Gasteiger partial charge in [-0.1, -0.05) is 13.8 Å². The van der Waals surface area contributed by atoms with E-state index in [0.717, 1.165) is 45.4 Å². The summed E-state index contributed by atoms with van der Waals surface area (Å²) in [6.45, 7) is 6.84. The Morgan fingerprint density at radius 3 is 2.71 bits per heavy atom. The van der Waals surface area contributed by atoms with Gasteiger partial charge in [0.05, 0.1) is 18.9 Å². The van der Waals surface area contributed by atoms with E-state index < -0.39 is 0 Å². The van der Waals surface area contributed by atoms with E-state index >= 15 is 0 Å². The molecule has 1 aliphatic heterocycles. The van der Waals surface area contributed by atoms with Crippen molar-refractivity contribution in [3.05, 3.63) is 17.5 Å². The number of rotatable bonds is 5. The molecule has 1 aliphatic rings. The lowest BCUT2D eigenvalue weighted by atomic mass is 10.2. The van der Waals surface area contributed by atoms with Crippen molar-refractivity contribution in [3.8, 4) is 0 Å². The zero-order valence-electron chi connectivity index (χ0n) is 10.8. The number of hydrogen-bond donors (Lipinski definition) is 0. The van der Waals surface area contributed by atoms with Crippen LogP contribution in [0.1, 0.15) is 38.1 Å². The molecule has 0 N–H and O–H groups in total. The van der Waals surface area contributed by atoms with Crippen LogP contribution in [0.5, 0.6) is 0 Å². The molecule has 0 spiro atoms. The van der Waals surface area contributed by atoms with Crippen LogP contribution in [0, 0.1) is 0 Å². The molecule has 0 saturated carbocycles. The zero-order chi connectivity index (χ0) is 12.1. The summed E-state index contributed by atoms with van der Waals surface area (Å²) in [5.41, 5.74) is 2.48. The molecule has 2 rings (SSSR count). The predicted molar refractivity (Wildman–Crippen MR) is 65.9 cm³/mol. The average Bonchev–Trinajstić information content (AvgIpc) is 2.80. The summed E-state index contributed by atoms with van der Waals surface area (Å²) >= 11 is 0. The van der Waals surface area contributed by atoms with E-state index in [4.69, 9.17) is 9.47 Å². The molecule has 0 aromatic carbocycles. The van der Waals surface area contributed by atoms with E-state index in [2.05, 4.69) is 29.7 Å². The molecular formula is C13H22N2O2. The van der Waals surface area contributed by atoms with E-state index in [1.54, 1.807) is 0 Å². The number of hydrogen-bond acceptors (Lipinski definition) is 3. The maximum Gasteiger partial charge on any atom is 0.159 e. The van der Waals surface area contributed by atoms with Gasteiger partial charge in [-0.05, 0) is 25.3 Å². The van der Waals surface area contributed by atoms with Crippen LogP contribution in [0.4, 0.5) is 0 Å². The smallest absolute Gasteiger partial charge is 0.159 e. The highest BCUT2D eigenvalue weighted by atomic mass is 16.7. The van der Waals surface area contributed by atoms with Crippen LogP contribution >= 0.6 is 0 Å². The van der Waals surface area contributed by atoms with Crippen molar-refractivity contribution in [2.45, 2.75) is 52.4 Å². The normalized spacial score (nSPS) is 17.5. The van der Waals surface area contributed by atoms with Crippen LogP contribution in [0.2, 0.25) is 0 Å². The van der Waals surface area contributed by atoms with E-state index in [-0.39, 0.29) is 6.29 Å². The second kappa shape index (κ2) is 6.17. The molecule has 96 valence electrons. The van der Waals surface area contributed by atoms with Gasteiger partial charge in [0.2, 0.25) is 0 Å². The molecule has 0 amide bonds. The molecule has 17 heavy (non-hydrogen) atoms. The van der Waals surface area contributed by atoms with E-state index in [1.165, 1.54) is 11.4 Å². The van der Waals surface area contributed by atoms with Gasteiger partial charge in [0.25, 0.3) is 0 Å². The first kappa shape index (κ1) is 12.6. The second-order valence-corrected chi connectivity index (χ2v) is 4.37. The molecule has 0 unspecified atom stereocenters. The summed E-state index contributed by atoms with van der Waals surface area (Å²) in [5, 5.41) is 4.59. The highest BCUT2D eigenvalue weighted by Gasteiger charge is 2.15. The first-order valence-corrected chi connectivity index (χ1v) is 6.62. The highest BCUT2D eigenvalue weighted by molar-refractivity contribution is 5.10. The van der Waals surface area contributed by atoms with Crippen molar-refractivity contribution in [2.75, 3.05) is 13.2 Å². The highest BCUT2D eigenvalue weighted by Crippen LogP contribution is 2.12. The van der Waals surface area contributed by atoms with Crippen LogP contribution in [0.15, 0.2) is 6.07 Å². The third-order valence-electron chi connectivity index (χ3n) is 3.11. The fourth-order valence-electron chi connectivity index (χ4n) is 2.10. The van der Waals surface area contributed by atoms with Crippen molar-refractivity contribution in [1.82, 2.24) is 9.78 Å². The molecule has 0 atom stereocenters. The van der Waals surface area contributed by atoms with Crippen LogP contribution in [0.25, 0.3) is 0 Å². The Morgan fingerprint density at radius 1 is 1.29 bits per heavy atom. The number of aromatic nitrogens is 2. The van der Waals surface area contributed by atoms with Crippen LogP contribution < -0.4 is 0 Å². The Bertz CT molecular complexity index is 343. The summed E-state index contributed by atoms with van der Waals surface area (Å²) in [4.78, 5) is 0. The lowest BCUT2D eigenvalue weighted by molar-refractivity contribution is -0.182. The molecule has 4 heteroatoms. The van der Waals surface area contributed by atoms with E-state index in [0.29, 0.717) is 0 Å². The topological polar surface area (TPSA) is 36.3 Å². The molecule has 1 saturated heterocycles. The Hall–Kier alpha value is -0.870. The second-order valence-electron chi connectivity index (χ2n) is 4.37. The quantitative estimate of drug-likeness (QED) is 0.788. The maximum absolute atomic E-state index is 5.54. The van der Waals surface area contributed by atoms with Crippen molar-refractivity contribution in [1.29, 1.82) is 0 Å². The first-order chi connectivity index (χ1) is 8.33. The third-order valence-corrected chi connectivity index (χ3v) is 3.11. The van der Waals surface area contributed by atoms with Gasteiger partial charge in [0, 0.05) is 18.7 Å². The molecule has 1 aromatic rings. The summed E-state index contributed by atoms with van der Waals surface area (Å²) in [7, 11) is 0. The standard InChI is InChI=1S/C13H22N2O2/c1-3-11-10-12(4-2)15(14-11)7-6-13-16-8-5-9-17-13/h10,13H,3-9H2,1-2H3. The molecular weight excluding hydrogens is 216 g/mol. The molecule has 0 aliphatic carbocycles. The van der Waals surface area contributed by atoms with Crippen LogP contribution in [0.3, 0.4) is 0 Å². The zero-order valence-corrected chi connectivity index (χ0v) is 10.8. The first-order valence-electron chi connectivity index (χ1n) is 6.62. The van der Waals surface area contributed by atoms with Gasteiger partial charge in [-0.3, -0.25) is 4.68 Å². The summed E-state index contributed by atoms with van der Waals surface area (Å²) in [5.74, 6) is 0. The number of ether oxygens (including phenoxy) is 2. The van der Waals surface area contributed by atoms with Gasteiger partial charge in [-0.25, -0.2) is 0 Å². The van der Waals surface area contributed by atoms with Gasteiger partial charge in [0.1, 0.15) is 0 Å². The molecule has 1 aromatic heterocycles. The van der Waals surface area contributed by atoms with Crippen molar-refractivity contribution < 1.29 is 9.47 Å². The maximum atomic E-state index is 5.54. The van der Waals surface area contributed by atoms with Crippen LogP contribution in [-0.4, -0.2) is 29.3 Å². The largest absolute Gasteiger partial charge is 0.353 e. The minimum absolute atomic E-state index is 0.0391. The van der Waals surface area contributed by atoms with Gasteiger partial charge in [-0.2, -0.15) is 5.10 Å². The lowest BCUT2D eigenvalue weighted by Gasteiger charge is -2.23. The molecule has 0 bridgehead atoms. The SMILES string of the molecule is CCc1cc(CC)n(CCC2OCCCO2)n1. The van der Waals surface area contributed by atoms with E-state index in [9.17, 15) is 0 Å². The number of nitrogens with zero attached hydrogens (tertiary/aromatic N) is 2. The van der Waals surface area contributed by atoms with Gasteiger partial charge >= 0.3 is 0 Å². The fourth-order valence-corrected chi connectivity index (χ4v) is 2.10. The third kappa shape index (κ3) is 3.30. The van der Waals surface area contributed by atoms with Crippen molar-refractivity contribution >= 4 is 0 Å². The Labute approximate surface area is 103 Å². The van der Waals surface area contributed by atoms with E-state index in [1.807, 2.05) is 0 Å². The minimum Gasteiger partial charge on any atom is -0.353 e. The Balaban J connectivity index is 1.90. The van der Waals surface area contributed by atoms with Gasteiger partial charge in [-0.15, -0.1) is 0 Å². The monoisotopic (exact) mass is 238 g/mol. The van der Waals surface area contributed by atoms with Gasteiger partial charge in [0.15, 0.2) is 6.29 Å². The summed E-state index contributed by atoms with van der Waals surface area (Å²) in [6.07, 6.45) is 3.88. The molecule has 4 nitrogen and oxygen atoms in total. The Kier molecular flexibility index (Phi) is 4.57. The van der Waals surface area contributed by atoms with Crippen LogP contribution in [-0.2, 0) is 28.9 Å². The predicted octanol–water partition coefficient (Wildman–Crippen LogP) is 2.16. The number of aryl methyl sites for hydroxylation is 3. The average molecular weight is 238 g/mol. The minimum atomic E-state index is -0.0391. The van der Waals surface area contributed by atoms with Crippen molar-refractivity contribution in [2.24, 2.45) is 0 Å². The fraction of sp³-hybridized carbons (Fsp3) is 0.769.